The predicted molar refractivity (Wildman–Crippen MR) is 92.2 cm³/mol. The van der Waals surface area contributed by atoms with Crippen LogP contribution in [0.2, 0.25) is 0 Å². The number of aliphatic carboxylic acids is 1. The Morgan fingerprint density at radius 1 is 1.08 bits per heavy atom. The molecule has 2 amide bonds. The molecule has 0 radical (unpaired) electrons. The Hall–Kier alpha value is -3.75. The normalized spacial score (nSPS) is 10.0. The van der Waals surface area contributed by atoms with Crippen LogP contribution in [0.15, 0.2) is 42.5 Å². The Bertz CT molecular complexity index is 877. The van der Waals surface area contributed by atoms with Gasteiger partial charge in [0.25, 0.3) is 17.5 Å². The number of carbonyl (C=O) groups excluding carboxylic acids is 2. The fourth-order valence-electron chi connectivity index (χ4n) is 2.23. The Labute approximate surface area is 147 Å². The van der Waals surface area contributed by atoms with Crippen molar-refractivity contribution in [3.05, 3.63) is 69.3 Å². The van der Waals surface area contributed by atoms with Crippen molar-refractivity contribution >= 4 is 29.2 Å². The summed E-state index contributed by atoms with van der Waals surface area (Å²) in [6.07, 6.45) is 0. The lowest BCUT2D eigenvalue weighted by Crippen LogP contribution is -2.29. The van der Waals surface area contributed by atoms with Gasteiger partial charge in [-0.15, -0.1) is 0 Å². The summed E-state index contributed by atoms with van der Waals surface area (Å²) in [6, 6.07) is 10.0. The zero-order chi connectivity index (χ0) is 19.3. The van der Waals surface area contributed by atoms with Gasteiger partial charge in [0.05, 0.1) is 4.92 Å². The van der Waals surface area contributed by atoms with Crippen molar-refractivity contribution in [3.63, 3.8) is 0 Å². The molecular formula is C17H15N3O6. The van der Waals surface area contributed by atoms with E-state index in [1.54, 1.807) is 0 Å². The molecule has 0 spiro atoms. The minimum Gasteiger partial charge on any atom is -0.480 e. The summed E-state index contributed by atoms with van der Waals surface area (Å²) in [6.45, 7) is 0.992. The van der Waals surface area contributed by atoms with Crippen LogP contribution in [0.4, 0.5) is 11.4 Å². The molecule has 26 heavy (non-hydrogen) atoms. The third-order valence-corrected chi connectivity index (χ3v) is 3.55. The van der Waals surface area contributed by atoms with Gasteiger partial charge in [-0.1, -0.05) is 6.07 Å². The van der Waals surface area contributed by atoms with Crippen LogP contribution in [-0.4, -0.2) is 34.4 Å². The number of nitrogens with one attached hydrogen (secondary N) is 2. The maximum absolute atomic E-state index is 12.3. The number of carboxylic acids is 1. The largest absolute Gasteiger partial charge is 0.480 e. The predicted octanol–water partition coefficient (Wildman–Crippen LogP) is 1.97. The maximum Gasteiger partial charge on any atom is 0.322 e. The van der Waals surface area contributed by atoms with Crippen molar-refractivity contribution in [1.82, 2.24) is 5.32 Å². The molecule has 0 aliphatic rings. The van der Waals surface area contributed by atoms with Crippen LogP contribution < -0.4 is 10.6 Å². The monoisotopic (exact) mass is 357 g/mol. The summed E-state index contributed by atoms with van der Waals surface area (Å²) >= 11 is 0. The Morgan fingerprint density at radius 2 is 1.73 bits per heavy atom. The highest BCUT2D eigenvalue weighted by Gasteiger charge is 2.18. The third kappa shape index (κ3) is 4.41. The van der Waals surface area contributed by atoms with Gasteiger partial charge in [-0.05, 0) is 37.3 Å². The average molecular weight is 357 g/mol. The number of nitro groups is 1. The van der Waals surface area contributed by atoms with Crippen LogP contribution >= 0.6 is 0 Å². The molecule has 2 aromatic rings. The molecule has 0 aliphatic heterocycles. The van der Waals surface area contributed by atoms with Crippen LogP contribution in [0.1, 0.15) is 26.3 Å². The number of carboxylic acid groups (broad SMARTS) is 1. The summed E-state index contributed by atoms with van der Waals surface area (Å²) in [5, 5.41) is 24.3. The van der Waals surface area contributed by atoms with Gasteiger partial charge in [0.15, 0.2) is 0 Å². The second kappa shape index (κ2) is 7.88. The van der Waals surface area contributed by atoms with Gasteiger partial charge in [-0.2, -0.15) is 0 Å². The van der Waals surface area contributed by atoms with E-state index < -0.39 is 29.3 Å². The molecule has 9 nitrogen and oxygen atoms in total. The van der Waals surface area contributed by atoms with Gasteiger partial charge in [-0.3, -0.25) is 24.5 Å². The lowest BCUT2D eigenvalue weighted by molar-refractivity contribution is -0.385. The van der Waals surface area contributed by atoms with E-state index in [0.717, 1.165) is 0 Å². The van der Waals surface area contributed by atoms with E-state index in [4.69, 9.17) is 5.11 Å². The number of rotatable bonds is 6. The van der Waals surface area contributed by atoms with Crippen LogP contribution in [0.25, 0.3) is 0 Å². The molecule has 3 N–H and O–H groups in total. The van der Waals surface area contributed by atoms with Crippen LogP contribution in [0.3, 0.4) is 0 Å². The Kier molecular flexibility index (Phi) is 5.63. The zero-order valence-corrected chi connectivity index (χ0v) is 13.7. The molecule has 9 heteroatoms. The Balaban J connectivity index is 2.11. The molecule has 0 aliphatic carbocycles. The lowest BCUT2D eigenvalue weighted by atomic mass is 10.1. The van der Waals surface area contributed by atoms with Gasteiger partial charge < -0.3 is 15.7 Å². The lowest BCUT2D eigenvalue weighted by Gasteiger charge is -2.09. The van der Waals surface area contributed by atoms with Crippen molar-refractivity contribution in [2.75, 3.05) is 11.9 Å². The van der Waals surface area contributed by atoms with Crippen molar-refractivity contribution in [1.29, 1.82) is 0 Å². The molecule has 0 saturated carbocycles. The summed E-state index contributed by atoms with van der Waals surface area (Å²) in [5.74, 6) is -2.23. The molecule has 0 unspecified atom stereocenters. The van der Waals surface area contributed by atoms with Crippen LogP contribution in [0.5, 0.6) is 0 Å². The van der Waals surface area contributed by atoms with Gasteiger partial charge in [0.1, 0.15) is 6.54 Å². The van der Waals surface area contributed by atoms with Gasteiger partial charge in [0, 0.05) is 28.4 Å². The molecule has 0 bridgehead atoms. The van der Waals surface area contributed by atoms with E-state index in [0.29, 0.717) is 5.69 Å². The molecule has 0 aromatic heterocycles. The number of amides is 2. The van der Waals surface area contributed by atoms with Crippen molar-refractivity contribution in [2.45, 2.75) is 6.92 Å². The highest BCUT2D eigenvalue weighted by molar-refractivity contribution is 6.06. The maximum atomic E-state index is 12.3. The Morgan fingerprint density at radius 3 is 2.31 bits per heavy atom. The molecule has 0 saturated heterocycles. The molecule has 134 valence electrons. The van der Waals surface area contributed by atoms with Gasteiger partial charge in [0.2, 0.25) is 0 Å². The minimum atomic E-state index is -1.16. The van der Waals surface area contributed by atoms with Crippen molar-refractivity contribution in [3.8, 4) is 0 Å². The van der Waals surface area contributed by atoms with E-state index in [9.17, 15) is 24.5 Å². The van der Waals surface area contributed by atoms with E-state index in [-0.39, 0.29) is 22.4 Å². The number of nitrogens with zero attached hydrogens (tertiary/aromatic N) is 1. The molecule has 0 heterocycles. The number of benzene rings is 2. The molecule has 0 atom stereocenters. The summed E-state index contributed by atoms with van der Waals surface area (Å²) < 4.78 is 0. The van der Waals surface area contributed by atoms with Crippen molar-refractivity contribution in [2.24, 2.45) is 0 Å². The molecule has 0 fully saturated rings. The summed E-state index contributed by atoms with van der Waals surface area (Å²) in [5.41, 5.74) is 0.886. The molecule has 2 rings (SSSR count). The standard InChI is InChI=1S/C17H15N3O6/c1-10-13(3-2-4-14(10)20(25)26)17(24)19-12-7-5-11(6-8-12)16(23)18-9-15(21)22/h2-8H,9H2,1H3,(H,18,23)(H,19,24)(H,21,22). The highest BCUT2D eigenvalue weighted by Crippen LogP contribution is 2.22. The molecular weight excluding hydrogens is 342 g/mol. The van der Waals surface area contributed by atoms with Crippen molar-refractivity contribution < 1.29 is 24.4 Å². The second-order valence-corrected chi connectivity index (χ2v) is 5.31. The number of carbonyl (C=O) groups is 3. The van der Waals surface area contributed by atoms with Crippen LogP contribution in [0, 0.1) is 17.0 Å². The van der Waals surface area contributed by atoms with Gasteiger partial charge in [-0.25, -0.2) is 0 Å². The van der Waals surface area contributed by atoms with E-state index in [1.807, 2.05) is 0 Å². The quantitative estimate of drug-likeness (QED) is 0.533. The average Bonchev–Trinajstić information content (AvgIpc) is 2.60. The fourth-order valence-corrected chi connectivity index (χ4v) is 2.23. The first-order chi connectivity index (χ1) is 12.3. The molecule has 2 aromatic carbocycles. The number of nitro benzene ring substituents is 1. The van der Waals surface area contributed by atoms with E-state index in [1.165, 1.54) is 49.4 Å². The first kappa shape index (κ1) is 18.6. The zero-order valence-electron chi connectivity index (χ0n) is 13.7. The number of hydrogen-bond acceptors (Lipinski definition) is 5. The van der Waals surface area contributed by atoms with E-state index >= 15 is 0 Å². The fraction of sp³-hybridized carbons (Fsp3) is 0.118. The third-order valence-electron chi connectivity index (χ3n) is 3.55. The SMILES string of the molecule is Cc1c(C(=O)Nc2ccc(C(=O)NCC(=O)O)cc2)cccc1[N+](=O)[O-]. The second-order valence-electron chi connectivity index (χ2n) is 5.31. The smallest absolute Gasteiger partial charge is 0.322 e. The number of anilines is 1. The first-order valence-electron chi connectivity index (χ1n) is 7.45. The first-order valence-corrected chi connectivity index (χ1v) is 7.45. The highest BCUT2D eigenvalue weighted by atomic mass is 16.6. The summed E-state index contributed by atoms with van der Waals surface area (Å²) in [7, 11) is 0. The number of hydrogen-bond donors (Lipinski definition) is 3. The van der Waals surface area contributed by atoms with E-state index in [2.05, 4.69) is 10.6 Å². The minimum absolute atomic E-state index is 0.150. The topological polar surface area (TPSA) is 139 Å². The van der Waals surface area contributed by atoms with Gasteiger partial charge >= 0.3 is 5.97 Å². The van der Waals surface area contributed by atoms with Crippen LogP contribution in [-0.2, 0) is 4.79 Å². The summed E-state index contributed by atoms with van der Waals surface area (Å²) in [4.78, 5) is 44.9.